The van der Waals surface area contributed by atoms with Crippen LogP contribution in [0.4, 0.5) is 4.79 Å². The third kappa shape index (κ3) is 3.89. The van der Waals surface area contributed by atoms with Crippen LogP contribution >= 0.6 is 0 Å². The highest BCUT2D eigenvalue weighted by molar-refractivity contribution is 5.82. The molecule has 17 heavy (non-hydrogen) atoms. The molecule has 98 valence electrons. The Morgan fingerprint density at radius 1 is 1.53 bits per heavy atom. The summed E-state index contributed by atoms with van der Waals surface area (Å²) >= 11 is 0. The van der Waals surface area contributed by atoms with E-state index in [-0.39, 0.29) is 18.6 Å². The summed E-state index contributed by atoms with van der Waals surface area (Å²) in [6.07, 6.45) is 1.91. The second kappa shape index (κ2) is 6.44. The van der Waals surface area contributed by atoms with E-state index in [1.807, 2.05) is 6.92 Å². The van der Waals surface area contributed by atoms with E-state index in [9.17, 15) is 9.59 Å². The zero-order chi connectivity index (χ0) is 12.8. The molecule has 0 aromatic heterocycles. The van der Waals surface area contributed by atoms with Crippen molar-refractivity contribution in [1.29, 1.82) is 0 Å². The molecule has 1 aliphatic rings. The summed E-state index contributed by atoms with van der Waals surface area (Å²) in [6, 6.07) is -1.16. The van der Waals surface area contributed by atoms with Gasteiger partial charge in [0.15, 0.2) is 0 Å². The Balaban J connectivity index is 2.45. The predicted octanol–water partition coefficient (Wildman–Crippen LogP) is 0.263. The van der Waals surface area contributed by atoms with Crippen LogP contribution < -0.4 is 5.32 Å². The van der Waals surface area contributed by atoms with E-state index in [1.54, 1.807) is 4.90 Å². The number of nitrogens with zero attached hydrogens (tertiary/aromatic N) is 1. The Bertz CT molecular complexity index is 283. The maximum absolute atomic E-state index is 11.8. The minimum absolute atomic E-state index is 0.0705. The number of carboxylic acids is 1. The average molecular weight is 244 g/mol. The molecule has 0 saturated carbocycles. The van der Waals surface area contributed by atoms with Crippen LogP contribution in [0.1, 0.15) is 26.2 Å². The van der Waals surface area contributed by atoms with Crippen molar-refractivity contribution in [1.82, 2.24) is 10.2 Å². The number of rotatable bonds is 5. The lowest BCUT2D eigenvalue weighted by atomic mass is 10.1. The molecule has 1 saturated heterocycles. The van der Waals surface area contributed by atoms with Gasteiger partial charge in [0.2, 0.25) is 0 Å². The summed E-state index contributed by atoms with van der Waals surface area (Å²) < 4.78 is 0. The van der Waals surface area contributed by atoms with Crippen LogP contribution in [0.2, 0.25) is 0 Å². The van der Waals surface area contributed by atoms with Crippen LogP contribution in [0.15, 0.2) is 0 Å². The molecule has 0 aromatic rings. The molecule has 1 unspecified atom stereocenters. The second-order valence-electron chi connectivity index (χ2n) is 4.41. The number of hydrogen-bond donors (Lipinski definition) is 3. The highest BCUT2D eigenvalue weighted by atomic mass is 16.4. The monoisotopic (exact) mass is 244 g/mol. The van der Waals surface area contributed by atoms with Crippen molar-refractivity contribution in [2.75, 3.05) is 19.7 Å². The fraction of sp³-hybridized carbons (Fsp3) is 0.818. The number of amides is 2. The fourth-order valence-electron chi connectivity index (χ4n) is 1.95. The fourth-order valence-corrected chi connectivity index (χ4v) is 1.95. The molecule has 0 radical (unpaired) electrons. The molecule has 0 bridgehead atoms. The SMILES string of the molecule is CCC[C@H](NC(=O)N1CCC(CO)C1)C(=O)O. The van der Waals surface area contributed by atoms with Crippen molar-refractivity contribution >= 4 is 12.0 Å². The average Bonchev–Trinajstić information content (AvgIpc) is 2.76. The number of nitrogens with one attached hydrogen (secondary N) is 1. The summed E-state index contributed by atoms with van der Waals surface area (Å²) in [7, 11) is 0. The molecule has 0 aromatic carbocycles. The smallest absolute Gasteiger partial charge is 0.326 e. The number of likely N-dealkylation sites (tertiary alicyclic amines) is 1. The molecular weight excluding hydrogens is 224 g/mol. The van der Waals surface area contributed by atoms with Gasteiger partial charge in [0, 0.05) is 25.6 Å². The highest BCUT2D eigenvalue weighted by Crippen LogP contribution is 2.15. The van der Waals surface area contributed by atoms with E-state index in [2.05, 4.69) is 5.32 Å². The van der Waals surface area contributed by atoms with E-state index in [1.165, 1.54) is 0 Å². The van der Waals surface area contributed by atoms with E-state index in [0.717, 1.165) is 6.42 Å². The Morgan fingerprint density at radius 2 is 2.24 bits per heavy atom. The predicted molar refractivity (Wildman–Crippen MR) is 61.6 cm³/mol. The maximum Gasteiger partial charge on any atom is 0.326 e. The van der Waals surface area contributed by atoms with Gasteiger partial charge in [0.25, 0.3) is 0 Å². The highest BCUT2D eigenvalue weighted by Gasteiger charge is 2.28. The standard InChI is InChI=1S/C11H20N2O4/c1-2-3-9(10(15)16)12-11(17)13-5-4-8(6-13)7-14/h8-9,14H,2-7H2,1H3,(H,12,17)(H,15,16)/t8?,9-/m0/s1. The molecule has 0 spiro atoms. The van der Waals surface area contributed by atoms with Crippen molar-refractivity contribution < 1.29 is 19.8 Å². The van der Waals surface area contributed by atoms with E-state index in [4.69, 9.17) is 10.2 Å². The summed E-state index contributed by atoms with van der Waals surface area (Å²) in [4.78, 5) is 24.2. The number of carboxylic acid groups (broad SMARTS) is 1. The largest absolute Gasteiger partial charge is 0.480 e. The Labute approximate surface area is 101 Å². The van der Waals surface area contributed by atoms with Crippen LogP contribution in [0, 0.1) is 5.92 Å². The Hall–Kier alpha value is -1.30. The third-order valence-electron chi connectivity index (χ3n) is 3.00. The zero-order valence-electron chi connectivity index (χ0n) is 10.1. The van der Waals surface area contributed by atoms with Crippen LogP contribution in [0.25, 0.3) is 0 Å². The topological polar surface area (TPSA) is 89.9 Å². The summed E-state index contributed by atoms with van der Waals surface area (Å²) in [5.41, 5.74) is 0. The van der Waals surface area contributed by atoms with Crippen molar-refractivity contribution in [3.63, 3.8) is 0 Å². The van der Waals surface area contributed by atoms with E-state index >= 15 is 0 Å². The number of aliphatic carboxylic acids is 1. The molecule has 6 heteroatoms. The Kier molecular flexibility index (Phi) is 5.21. The van der Waals surface area contributed by atoms with Crippen molar-refractivity contribution in [3.05, 3.63) is 0 Å². The molecule has 2 amide bonds. The molecule has 1 rings (SSSR count). The van der Waals surface area contributed by atoms with Gasteiger partial charge < -0.3 is 20.4 Å². The van der Waals surface area contributed by atoms with Crippen LogP contribution in [-0.4, -0.2) is 52.9 Å². The number of carbonyl (C=O) groups excluding carboxylic acids is 1. The molecule has 3 N–H and O–H groups in total. The van der Waals surface area contributed by atoms with Crippen LogP contribution in [0.3, 0.4) is 0 Å². The first kappa shape index (κ1) is 13.8. The maximum atomic E-state index is 11.8. The number of hydrogen-bond acceptors (Lipinski definition) is 3. The molecule has 1 heterocycles. The Morgan fingerprint density at radius 3 is 2.71 bits per heavy atom. The lowest BCUT2D eigenvalue weighted by Crippen LogP contribution is -2.47. The number of aliphatic hydroxyl groups is 1. The first-order valence-corrected chi connectivity index (χ1v) is 5.97. The summed E-state index contributed by atoms with van der Waals surface area (Å²) in [5, 5.41) is 20.4. The molecule has 1 fully saturated rings. The van der Waals surface area contributed by atoms with Gasteiger partial charge in [-0.2, -0.15) is 0 Å². The summed E-state index contributed by atoms with van der Waals surface area (Å²) in [5.74, 6) is -0.881. The minimum atomic E-state index is -1.00. The van der Waals surface area contributed by atoms with Gasteiger partial charge in [0.05, 0.1) is 0 Å². The van der Waals surface area contributed by atoms with Gasteiger partial charge in [-0.3, -0.25) is 0 Å². The second-order valence-corrected chi connectivity index (χ2v) is 4.41. The van der Waals surface area contributed by atoms with Crippen LogP contribution in [-0.2, 0) is 4.79 Å². The zero-order valence-corrected chi connectivity index (χ0v) is 10.1. The molecule has 6 nitrogen and oxygen atoms in total. The number of aliphatic hydroxyl groups excluding tert-OH is 1. The quantitative estimate of drug-likeness (QED) is 0.647. The summed E-state index contributed by atoms with van der Waals surface area (Å²) in [6.45, 7) is 3.02. The third-order valence-corrected chi connectivity index (χ3v) is 3.00. The van der Waals surface area contributed by atoms with E-state index in [0.29, 0.717) is 25.9 Å². The number of carbonyl (C=O) groups is 2. The van der Waals surface area contributed by atoms with Gasteiger partial charge in [-0.05, 0) is 12.8 Å². The number of urea groups is 1. The van der Waals surface area contributed by atoms with Crippen molar-refractivity contribution in [2.24, 2.45) is 5.92 Å². The molecule has 0 aliphatic carbocycles. The van der Waals surface area contributed by atoms with Gasteiger partial charge in [0.1, 0.15) is 6.04 Å². The van der Waals surface area contributed by atoms with Gasteiger partial charge >= 0.3 is 12.0 Å². The minimum Gasteiger partial charge on any atom is -0.480 e. The van der Waals surface area contributed by atoms with Crippen molar-refractivity contribution in [3.8, 4) is 0 Å². The van der Waals surface area contributed by atoms with Gasteiger partial charge in [-0.25, -0.2) is 9.59 Å². The first-order chi connectivity index (χ1) is 8.08. The lowest BCUT2D eigenvalue weighted by Gasteiger charge is -2.20. The van der Waals surface area contributed by atoms with Crippen LogP contribution in [0.5, 0.6) is 0 Å². The molecular formula is C11H20N2O4. The normalized spacial score (nSPS) is 21.3. The molecule has 1 aliphatic heterocycles. The van der Waals surface area contributed by atoms with E-state index < -0.39 is 12.0 Å². The molecule has 2 atom stereocenters. The first-order valence-electron chi connectivity index (χ1n) is 5.97. The van der Waals surface area contributed by atoms with Gasteiger partial charge in [-0.1, -0.05) is 13.3 Å². The van der Waals surface area contributed by atoms with Crippen molar-refractivity contribution in [2.45, 2.75) is 32.2 Å². The van der Waals surface area contributed by atoms with Gasteiger partial charge in [-0.15, -0.1) is 0 Å². The lowest BCUT2D eigenvalue weighted by molar-refractivity contribution is -0.139.